The first-order valence-electron chi connectivity index (χ1n) is 12.4. The Morgan fingerprint density at radius 1 is 0.714 bits per heavy atom. The summed E-state index contributed by atoms with van der Waals surface area (Å²) in [5, 5.41) is 38.1. The minimum atomic E-state index is -5.70. The lowest BCUT2D eigenvalue weighted by Crippen LogP contribution is -2.68. The number of hydrogen-bond acceptors (Lipinski definition) is 6. The van der Waals surface area contributed by atoms with Crippen LogP contribution in [0.4, 0.5) is 0 Å². The monoisotopic (exact) mass is 522 g/mol. The summed E-state index contributed by atoms with van der Waals surface area (Å²) >= 11 is 0. The zero-order valence-corrected chi connectivity index (χ0v) is 21.5. The average molecular weight is 523 g/mol. The Bertz CT molecular complexity index is 792. The normalized spacial score (nSPS) is 15.5. The van der Waals surface area contributed by atoms with Crippen molar-refractivity contribution >= 4 is 28.0 Å². The molecule has 11 heteroatoms. The Balaban J connectivity index is 4.57. The maximum atomic E-state index is 12.0. The van der Waals surface area contributed by atoms with Crippen LogP contribution in [0, 0.1) is 0 Å². The molecule has 0 aliphatic carbocycles. The number of aliphatic hydroxyl groups is 1. The fourth-order valence-corrected chi connectivity index (χ4v) is 5.38. The third kappa shape index (κ3) is 10.7. The number of carboxylic acids is 3. The van der Waals surface area contributed by atoms with E-state index >= 15 is 0 Å². The summed E-state index contributed by atoms with van der Waals surface area (Å²) in [7, 11) is -5.70. The molecule has 0 amide bonds. The van der Waals surface area contributed by atoms with Gasteiger partial charge in [0.05, 0.1) is 6.42 Å². The van der Waals surface area contributed by atoms with Gasteiger partial charge in [-0.3, -0.25) is 14.1 Å². The molecule has 0 aromatic heterocycles. The number of allylic oxidation sites excluding steroid dienone is 2. The summed E-state index contributed by atoms with van der Waals surface area (Å²) in [4.78, 5) is 34.4. The van der Waals surface area contributed by atoms with Gasteiger partial charge in [0.15, 0.2) is 0 Å². The van der Waals surface area contributed by atoms with Crippen LogP contribution >= 0.6 is 0 Å². The zero-order chi connectivity index (χ0) is 27.0. The molecule has 204 valence electrons. The lowest BCUT2D eigenvalue weighted by Gasteiger charge is -2.37. The van der Waals surface area contributed by atoms with Gasteiger partial charge in [-0.25, -0.2) is 4.79 Å². The number of carbonyl (C=O) groups is 3. The Morgan fingerprint density at radius 2 is 1.14 bits per heavy atom. The molecule has 0 aromatic rings. The molecule has 0 rings (SSSR count). The summed E-state index contributed by atoms with van der Waals surface area (Å²) in [6.45, 7) is 2.20. The van der Waals surface area contributed by atoms with E-state index in [1.54, 1.807) is 0 Å². The van der Waals surface area contributed by atoms with Crippen LogP contribution in [0.15, 0.2) is 12.2 Å². The van der Waals surface area contributed by atoms with Gasteiger partial charge in [-0.15, -0.1) is 0 Å². The first kappa shape index (κ1) is 33.0. The lowest BCUT2D eigenvalue weighted by atomic mass is 9.79. The minimum Gasteiger partial charge on any atom is -0.481 e. The average Bonchev–Trinajstić information content (AvgIpc) is 2.74. The molecule has 2 unspecified atom stereocenters. The second-order valence-corrected chi connectivity index (χ2v) is 10.7. The van der Waals surface area contributed by atoms with Gasteiger partial charge in [-0.2, -0.15) is 8.42 Å². The van der Waals surface area contributed by atoms with E-state index in [0.29, 0.717) is 12.8 Å². The Labute approximate surface area is 208 Å². The van der Waals surface area contributed by atoms with Crippen LogP contribution in [0.25, 0.3) is 0 Å². The smallest absolute Gasteiger partial charge is 0.338 e. The Kier molecular flexibility index (Phi) is 15.7. The predicted octanol–water partition coefficient (Wildman–Crippen LogP) is 4.42. The molecule has 0 aliphatic heterocycles. The van der Waals surface area contributed by atoms with Crippen molar-refractivity contribution in [1.29, 1.82) is 0 Å². The van der Waals surface area contributed by atoms with Gasteiger partial charge >= 0.3 is 17.9 Å². The summed E-state index contributed by atoms with van der Waals surface area (Å²) in [5.41, 5.74) is -3.75. The Hall–Kier alpha value is -1.98. The van der Waals surface area contributed by atoms with E-state index in [1.807, 2.05) is 0 Å². The molecule has 10 nitrogen and oxygen atoms in total. The number of carboxylic acid groups (broad SMARTS) is 3. The molecule has 35 heavy (non-hydrogen) atoms. The Morgan fingerprint density at radius 3 is 1.51 bits per heavy atom. The van der Waals surface area contributed by atoms with E-state index < -0.39 is 51.2 Å². The topological polar surface area (TPSA) is 186 Å². The standard InChI is InChI=1S/C24H42O10S/c1-2-3-4-5-6-7-8-9-10-11-12-13-14-15-16-17-18-24(22(29)30,35(32,33)34)23(31,21(27)28)19-20(25)26/h9-10,31H,2-8,11-19H2,1H3,(H,25,26)(H,27,28)(H,29,30)(H,32,33,34)/b10-9-. The highest BCUT2D eigenvalue weighted by Gasteiger charge is 2.69. The van der Waals surface area contributed by atoms with Gasteiger partial charge < -0.3 is 20.4 Å². The molecule has 2 atom stereocenters. The van der Waals surface area contributed by atoms with Crippen LogP contribution in [-0.2, 0) is 24.5 Å². The second-order valence-electron chi connectivity index (χ2n) is 9.03. The highest BCUT2D eigenvalue weighted by atomic mass is 32.2. The van der Waals surface area contributed by atoms with Gasteiger partial charge in [-0.05, 0) is 32.1 Å². The highest BCUT2D eigenvalue weighted by Crippen LogP contribution is 2.39. The van der Waals surface area contributed by atoms with E-state index in [0.717, 1.165) is 32.1 Å². The SMILES string of the molecule is CCCCCCCC/C=C\CCCCCCCCC(C(=O)O)(C(O)(CC(=O)O)C(=O)O)S(=O)(=O)O. The first-order chi connectivity index (χ1) is 16.4. The van der Waals surface area contributed by atoms with Gasteiger partial charge in [0.25, 0.3) is 10.1 Å². The molecule has 0 aliphatic rings. The van der Waals surface area contributed by atoms with Crippen LogP contribution in [0.3, 0.4) is 0 Å². The van der Waals surface area contributed by atoms with Crippen LogP contribution in [0.5, 0.6) is 0 Å². The highest BCUT2D eigenvalue weighted by molar-refractivity contribution is 7.88. The molecule has 0 fully saturated rings. The number of rotatable bonds is 22. The van der Waals surface area contributed by atoms with Crippen molar-refractivity contribution in [2.45, 2.75) is 120 Å². The molecule has 5 N–H and O–H groups in total. The fraction of sp³-hybridized carbons (Fsp3) is 0.792. The zero-order valence-electron chi connectivity index (χ0n) is 20.7. The summed E-state index contributed by atoms with van der Waals surface area (Å²) in [6.07, 6.45) is 14.8. The maximum Gasteiger partial charge on any atom is 0.338 e. The summed E-state index contributed by atoms with van der Waals surface area (Å²) < 4.78 is 29.9. The molecule has 0 saturated heterocycles. The quantitative estimate of drug-likeness (QED) is 0.0774. The van der Waals surface area contributed by atoms with E-state index in [4.69, 9.17) is 5.11 Å². The third-order valence-corrected chi connectivity index (χ3v) is 7.85. The van der Waals surface area contributed by atoms with Crippen molar-refractivity contribution in [3.63, 3.8) is 0 Å². The van der Waals surface area contributed by atoms with Gasteiger partial charge in [0.2, 0.25) is 10.3 Å². The van der Waals surface area contributed by atoms with E-state index in [1.165, 1.54) is 38.5 Å². The second kappa shape index (κ2) is 16.6. The molecule has 0 radical (unpaired) electrons. The lowest BCUT2D eigenvalue weighted by molar-refractivity contribution is -0.176. The van der Waals surface area contributed by atoms with Crippen molar-refractivity contribution in [1.82, 2.24) is 0 Å². The van der Waals surface area contributed by atoms with Crippen molar-refractivity contribution in [2.24, 2.45) is 0 Å². The van der Waals surface area contributed by atoms with Crippen molar-refractivity contribution in [3.8, 4) is 0 Å². The van der Waals surface area contributed by atoms with Gasteiger partial charge in [0.1, 0.15) is 0 Å². The molecule has 0 saturated carbocycles. The van der Waals surface area contributed by atoms with E-state index in [-0.39, 0.29) is 6.42 Å². The number of aliphatic carboxylic acids is 3. The minimum absolute atomic E-state index is 0.139. The molecule has 0 heterocycles. The molecule has 0 spiro atoms. The van der Waals surface area contributed by atoms with Crippen LogP contribution < -0.4 is 0 Å². The van der Waals surface area contributed by atoms with E-state index in [2.05, 4.69) is 19.1 Å². The number of hydrogen-bond donors (Lipinski definition) is 5. The van der Waals surface area contributed by atoms with Crippen molar-refractivity contribution in [3.05, 3.63) is 12.2 Å². The number of unbranched alkanes of at least 4 members (excludes halogenated alkanes) is 12. The van der Waals surface area contributed by atoms with E-state index in [9.17, 15) is 42.7 Å². The van der Waals surface area contributed by atoms with Crippen molar-refractivity contribution < 1.29 is 47.8 Å². The summed E-state index contributed by atoms with van der Waals surface area (Å²) in [5.74, 6) is -6.60. The summed E-state index contributed by atoms with van der Waals surface area (Å²) in [6, 6.07) is 0. The maximum absolute atomic E-state index is 12.0. The van der Waals surface area contributed by atoms with Crippen LogP contribution in [0.1, 0.15) is 110 Å². The van der Waals surface area contributed by atoms with Gasteiger partial charge in [0, 0.05) is 0 Å². The molecular formula is C24H42O10S. The van der Waals surface area contributed by atoms with Crippen LogP contribution in [-0.4, -0.2) is 61.7 Å². The largest absolute Gasteiger partial charge is 0.481 e. The first-order valence-corrected chi connectivity index (χ1v) is 13.8. The van der Waals surface area contributed by atoms with Gasteiger partial charge in [-0.1, -0.05) is 83.3 Å². The molecule has 0 bridgehead atoms. The third-order valence-electron chi connectivity index (χ3n) is 6.26. The van der Waals surface area contributed by atoms with Crippen molar-refractivity contribution in [2.75, 3.05) is 0 Å². The fourth-order valence-electron chi connectivity index (χ4n) is 4.17. The molecule has 0 aromatic carbocycles. The van der Waals surface area contributed by atoms with Crippen LogP contribution in [0.2, 0.25) is 0 Å². The molecular weight excluding hydrogens is 480 g/mol. The predicted molar refractivity (Wildman–Crippen MR) is 131 cm³/mol.